The third kappa shape index (κ3) is 5.55. The molecule has 2 aliphatic rings. The molecule has 2 amide bonds. The number of rotatable bonds is 5. The molecule has 2 N–H and O–H groups in total. The number of benzene rings is 2. The van der Waals surface area contributed by atoms with Crippen LogP contribution in [0.15, 0.2) is 48.5 Å². The Balaban J connectivity index is 1.33. The van der Waals surface area contributed by atoms with Gasteiger partial charge in [0.25, 0.3) is 5.91 Å². The molecule has 2 aliphatic heterocycles. The van der Waals surface area contributed by atoms with Crippen LogP contribution in [-0.4, -0.2) is 85.5 Å². The van der Waals surface area contributed by atoms with Crippen LogP contribution in [0.25, 0.3) is 22.2 Å². The van der Waals surface area contributed by atoms with E-state index in [1.54, 1.807) is 17.0 Å². The van der Waals surface area contributed by atoms with Gasteiger partial charge in [0.05, 0.1) is 42.6 Å². The molecule has 0 unspecified atom stereocenters. The summed E-state index contributed by atoms with van der Waals surface area (Å²) >= 11 is 6.62. The van der Waals surface area contributed by atoms with Crippen LogP contribution in [0, 0.1) is 0 Å². The maximum absolute atomic E-state index is 13.3. The molecule has 2 aromatic carbocycles. The molecule has 0 aliphatic carbocycles. The minimum atomic E-state index is -0.628. The number of amides is 2. The molecule has 0 radical (unpaired) electrons. The molecule has 2 fully saturated rings. The molecule has 2 saturated heterocycles. The van der Waals surface area contributed by atoms with Crippen molar-refractivity contribution in [1.82, 2.24) is 14.8 Å². The maximum Gasteiger partial charge on any atom is 0.411 e. The standard InChI is InChI=1S/C28H32ClN5O4/c1-2-13-38-28(36)34-10-9-33(18-26(34)30)27(35)20-5-8-22-23(29)17-24(31-25(22)16-20)19-3-6-21(7-4-19)32-11-14-37-15-12-32/h3-8,16-17,26H,2,9-15,18,30H2,1H3/t26-/m0/s1. The molecular formula is C28H32ClN5O4. The lowest BCUT2D eigenvalue weighted by atomic mass is 10.1. The van der Waals surface area contributed by atoms with Crippen molar-refractivity contribution in [1.29, 1.82) is 0 Å². The Morgan fingerprint density at radius 1 is 1.08 bits per heavy atom. The van der Waals surface area contributed by atoms with Crippen molar-refractivity contribution in [2.45, 2.75) is 19.5 Å². The number of fused-ring (bicyclic) bond motifs is 1. The van der Waals surface area contributed by atoms with Gasteiger partial charge in [-0.3, -0.25) is 9.69 Å². The number of pyridine rings is 1. The first-order chi connectivity index (χ1) is 18.4. The number of nitrogens with zero attached hydrogens (tertiary/aromatic N) is 4. The smallest absolute Gasteiger partial charge is 0.411 e. The molecule has 1 aromatic heterocycles. The van der Waals surface area contributed by atoms with E-state index in [2.05, 4.69) is 17.0 Å². The summed E-state index contributed by atoms with van der Waals surface area (Å²) in [6, 6.07) is 15.4. The van der Waals surface area contributed by atoms with Crippen molar-refractivity contribution >= 4 is 40.2 Å². The summed E-state index contributed by atoms with van der Waals surface area (Å²) in [6.07, 6.45) is -0.334. The van der Waals surface area contributed by atoms with Crippen LogP contribution in [0.4, 0.5) is 10.5 Å². The summed E-state index contributed by atoms with van der Waals surface area (Å²) in [4.78, 5) is 35.8. The van der Waals surface area contributed by atoms with Crippen LogP contribution in [0.5, 0.6) is 0 Å². The van der Waals surface area contributed by atoms with Gasteiger partial charge in [-0.15, -0.1) is 0 Å². The average molecular weight is 538 g/mol. The minimum Gasteiger partial charge on any atom is -0.449 e. The number of aromatic nitrogens is 1. The van der Waals surface area contributed by atoms with E-state index in [9.17, 15) is 9.59 Å². The number of carbonyl (C=O) groups excluding carboxylic acids is 2. The summed E-state index contributed by atoms with van der Waals surface area (Å²) < 4.78 is 10.6. The van der Waals surface area contributed by atoms with E-state index in [1.165, 1.54) is 4.90 Å². The number of carbonyl (C=O) groups is 2. The molecule has 1 atom stereocenters. The van der Waals surface area contributed by atoms with Crippen molar-refractivity contribution in [2.75, 3.05) is 57.4 Å². The highest BCUT2D eigenvalue weighted by Crippen LogP contribution is 2.30. The Labute approximate surface area is 227 Å². The Bertz CT molecular complexity index is 1310. The van der Waals surface area contributed by atoms with E-state index in [1.807, 2.05) is 31.2 Å². The zero-order chi connectivity index (χ0) is 26.6. The van der Waals surface area contributed by atoms with Gasteiger partial charge in [-0.1, -0.05) is 36.7 Å². The van der Waals surface area contributed by atoms with Crippen molar-refractivity contribution in [3.05, 3.63) is 59.1 Å². The Morgan fingerprint density at radius 2 is 1.84 bits per heavy atom. The fourth-order valence-corrected chi connectivity index (χ4v) is 5.07. The van der Waals surface area contributed by atoms with E-state index < -0.39 is 12.3 Å². The minimum absolute atomic E-state index is 0.165. The van der Waals surface area contributed by atoms with Crippen LogP contribution in [0.2, 0.25) is 5.02 Å². The normalized spacial score (nSPS) is 18.1. The van der Waals surface area contributed by atoms with Gasteiger partial charge in [-0.2, -0.15) is 0 Å². The van der Waals surface area contributed by atoms with Crippen molar-refractivity contribution in [2.24, 2.45) is 5.73 Å². The highest BCUT2D eigenvalue weighted by atomic mass is 35.5. The molecule has 10 heteroatoms. The van der Waals surface area contributed by atoms with Crippen LogP contribution in [0.3, 0.4) is 0 Å². The second-order valence-corrected chi connectivity index (χ2v) is 9.90. The van der Waals surface area contributed by atoms with Gasteiger partial charge in [-0.25, -0.2) is 9.78 Å². The van der Waals surface area contributed by atoms with Crippen molar-refractivity contribution < 1.29 is 19.1 Å². The summed E-state index contributed by atoms with van der Waals surface area (Å²) in [5.74, 6) is -0.165. The first-order valence-electron chi connectivity index (χ1n) is 13.0. The van der Waals surface area contributed by atoms with Crippen molar-refractivity contribution in [3.8, 4) is 11.3 Å². The lowest BCUT2D eigenvalue weighted by Gasteiger charge is -2.38. The number of ether oxygens (including phenoxy) is 2. The van der Waals surface area contributed by atoms with Gasteiger partial charge in [0.2, 0.25) is 0 Å². The van der Waals surface area contributed by atoms with Gasteiger partial charge in [0, 0.05) is 48.4 Å². The number of morpholine rings is 1. The quantitative estimate of drug-likeness (QED) is 0.525. The van der Waals surface area contributed by atoms with Crippen molar-refractivity contribution in [3.63, 3.8) is 0 Å². The molecule has 3 aromatic rings. The molecule has 9 nitrogen and oxygen atoms in total. The first kappa shape index (κ1) is 26.2. The summed E-state index contributed by atoms with van der Waals surface area (Å²) in [5.41, 5.74) is 10.2. The largest absolute Gasteiger partial charge is 0.449 e. The third-order valence-electron chi connectivity index (χ3n) is 6.92. The zero-order valence-electron chi connectivity index (χ0n) is 21.4. The number of piperazine rings is 1. The maximum atomic E-state index is 13.3. The second kappa shape index (κ2) is 11.6. The average Bonchev–Trinajstić information content (AvgIpc) is 2.95. The van der Waals surface area contributed by atoms with E-state index in [0.29, 0.717) is 35.8 Å². The van der Waals surface area contributed by atoms with Gasteiger partial charge in [-0.05, 0) is 36.8 Å². The van der Waals surface area contributed by atoms with Gasteiger partial charge in [0.15, 0.2) is 0 Å². The predicted molar refractivity (Wildman–Crippen MR) is 147 cm³/mol. The molecular weight excluding hydrogens is 506 g/mol. The van der Waals surface area contributed by atoms with Gasteiger partial charge in [0.1, 0.15) is 6.17 Å². The summed E-state index contributed by atoms with van der Waals surface area (Å²) in [7, 11) is 0. The lowest BCUT2D eigenvalue weighted by molar-refractivity contribution is 0.0390. The van der Waals surface area contributed by atoms with E-state index >= 15 is 0 Å². The monoisotopic (exact) mass is 537 g/mol. The molecule has 38 heavy (non-hydrogen) atoms. The SMILES string of the molecule is CCCOC(=O)N1CCN(C(=O)c2ccc3c(Cl)cc(-c4ccc(N5CCOCC5)cc4)nc3c2)C[C@H]1N. The van der Waals surface area contributed by atoms with E-state index in [-0.39, 0.29) is 12.5 Å². The van der Waals surface area contributed by atoms with Crippen LogP contribution >= 0.6 is 11.6 Å². The van der Waals surface area contributed by atoms with Crippen LogP contribution in [-0.2, 0) is 9.47 Å². The third-order valence-corrected chi connectivity index (χ3v) is 7.23. The molecule has 0 spiro atoms. The molecule has 3 heterocycles. The van der Waals surface area contributed by atoms with E-state index in [0.717, 1.165) is 55.1 Å². The number of anilines is 1. The number of nitrogens with two attached hydrogens (primary N) is 1. The zero-order valence-corrected chi connectivity index (χ0v) is 22.2. The highest BCUT2D eigenvalue weighted by molar-refractivity contribution is 6.35. The van der Waals surface area contributed by atoms with Crippen LogP contribution in [0.1, 0.15) is 23.7 Å². The fourth-order valence-electron chi connectivity index (χ4n) is 4.81. The van der Waals surface area contributed by atoms with Gasteiger partial charge < -0.3 is 25.0 Å². The lowest BCUT2D eigenvalue weighted by Crippen LogP contribution is -2.60. The summed E-state index contributed by atoms with van der Waals surface area (Å²) in [6.45, 7) is 6.40. The number of halogens is 1. The number of hydrogen-bond donors (Lipinski definition) is 1. The second-order valence-electron chi connectivity index (χ2n) is 9.49. The van der Waals surface area contributed by atoms with Crippen LogP contribution < -0.4 is 10.6 Å². The Kier molecular flexibility index (Phi) is 7.97. The Hall–Kier alpha value is -3.40. The molecule has 0 saturated carbocycles. The van der Waals surface area contributed by atoms with Gasteiger partial charge >= 0.3 is 6.09 Å². The molecule has 0 bridgehead atoms. The molecule has 200 valence electrons. The first-order valence-corrected chi connectivity index (χ1v) is 13.3. The Morgan fingerprint density at radius 3 is 2.55 bits per heavy atom. The molecule has 5 rings (SSSR count). The van der Waals surface area contributed by atoms with E-state index in [4.69, 9.17) is 31.8 Å². The predicted octanol–water partition coefficient (Wildman–Crippen LogP) is 3.98. The topological polar surface area (TPSA) is 101 Å². The summed E-state index contributed by atoms with van der Waals surface area (Å²) in [5, 5.41) is 1.35. The number of hydrogen-bond acceptors (Lipinski definition) is 7. The fraction of sp³-hybridized carbons (Fsp3) is 0.393. The highest BCUT2D eigenvalue weighted by Gasteiger charge is 2.31.